The SMILES string of the molecule is Cc1cccc(C(=O)OC(=O)c2cccc3ccccc23)c1. The summed E-state index contributed by atoms with van der Waals surface area (Å²) in [6.07, 6.45) is 0. The third kappa shape index (κ3) is 2.74. The molecule has 3 aromatic rings. The highest BCUT2D eigenvalue weighted by atomic mass is 16.6. The van der Waals surface area contributed by atoms with E-state index in [2.05, 4.69) is 0 Å². The van der Waals surface area contributed by atoms with E-state index in [1.807, 2.05) is 43.3 Å². The summed E-state index contributed by atoms with van der Waals surface area (Å²) in [6.45, 7) is 1.88. The van der Waals surface area contributed by atoms with Crippen LogP contribution >= 0.6 is 0 Å². The zero-order valence-electron chi connectivity index (χ0n) is 12.1. The summed E-state index contributed by atoms with van der Waals surface area (Å²) >= 11 is 0. The lowest BCUT2D eigenvalue weighted by Gasteiger charge is -2.06. The Morgan fingerprint density at radius 3 is 2.36 bits per heavy atom. The Kier molecular flexibility index (Phi) is 3.71. The lowest BCUT2D eigenvalue weighted by atomic mass is 10.0. The van der Waals surface area contributed by atoms with Crippen molar-refractivity contribution in [1.29, 1.82) is 0 Å². The van der Waals surface area contributed by atoms with Crippen LogP contribution in [0.3, 0.4) is 0 Å². The molecule has 3 rings (SSSR count). The number of esters is 2. The second-order valence-corrected chi connectivity index (χ2v) is 5.07. The van der Waals surface area contributed by atoms with Crippen LogP contribution in [-0.2, 0) is 4.74 Å². The van der Waals surface area contributed by atoms with Crippen molar-refractivity contribution in [3.05, 3.63) is 83.4 Å². The molecule has 0 spiro atoms. The maximum atomic E-state index is 12.3. The van der Waals surface area contributed by atoms with E-state index in [0.717, 1.165) is 16.3 Å². The maximum absolute atomic E-state index is 12.3. The second-order valence-electron chi connectivity index (χ2n) is 5.07. The van der Waals surface area contributed by atoms with Crippen molar-refractivity contribution in [2.75, 3.05) is 0 Å². The van der Waals surface area contributed by atoms with Gasteiger partial charge in [-0.1, -0.05) is 54.1 Å². The van der Waals surface area contributed by atoms with Crippen LogP contribution in [-0.4, -0.2) is 11.9 Å². The number of ether oxygens (including phenoxy) is 1. The van der Waals surface area contributed by atoms with E-state index in [0.29, 0.717) is 11.1 Å². The Hall–Kier alpha value is -2.94. The van der Waals surface area contributed by atoms with Crippen LogP contribution in [0, 0.1) is 6.92 Å². The average Bonchev–Trinajstić information content (AvgIpc) is 2.54. The molecule has 0 atom stereocenters. The molecule has 3 heteroatoms. The Balaban J connectivity index is 1.89. The van der Waals surface area contributed by atoms with Crippen LogP contribution in [0.1, 0.15) is 26.3 Å². The summed E-state index contributed by atoms with van der Waals surface area (Å²) in [4.78, 5) is 24.4. The molecule has 0 aromatic heterocycles. The van der Waals surface area contributed by atoms with Crippen LogP contribution in [0.25, 0.3) is 10.8 Å². The van der Waals surface area contributed by atoms with Crippen molar-refractivity contribution in [2.24, 2.45) is 0 Å². The van der Waals surface area contributed by atoms with Crippen LogP contribution in [0.4, 0.5) is 0 Å². The van der Waals surface area contributed by atoms with E-state index in [1.54, 1.807) is 30.3 Å². The van der Waals surface area contributed by atoms with Crippen LogP contribution in [0.2, 0.25) is 0 Å². The summed E-state index contributed by atoms with van der Waals surface area (Å²) in [5.74, 6) is -1.27. The van der Waals surface area contributed by atoms with Gasteiger partial charge in [-0.25, -0.2) is 9.59 Å². The molecule has 0 fully saturated rings. The summed E-state index contributed by atoms with van der Waals surface area (Å²) in [6, 6.07) is 19.8. The van der Waals surface area contributed by atoms with Gasteiger partial charge in [-0.05, 0) is 35.9 Å². The minimum atomic E-state index is -0.637. The van der Waals surface area contributed by atoms with Gasteiger partial charge in [0.05, 0.1) is 11.1 Å². The lowest BCUT2D eigenvalue weighted by Crippen LogP contribution is -2.13. The molecule has 0 radical (unpaired) electrons. The Bertz CT molecular complexity index is 860. The molecule has 3 aromatic carbocycles. The highest BCUT2D eigenvalue weighted by Gasteiger charge is 2.16. The number of benzene rings is 3. The van der Waals surface area contributed by atoms with Crippen molar-refractivity contribution in [1.82, 2.24) is 0 Å². The number of fused-ring (bicyclic) bond motifs is 1. The fraction of sp³-hybridized carbons (Fsp3) is 0.0526. The lowest BCUT2D eigenvalue weighted by molar-refractivity contribution is 0.0399. The first-order valence-corrected chi connectivity index (χ1v) is 6.96. The molecule has 0 N–H and O–H groups in total. The van der Waals surface area contributed by atoms with Gasteiger partial charge in [0.2, 0.25) is 0 Å². The minimum Gasteiger partial charge on any atom is -0.386 e. The molecule has 0 heterocycles. The quantitative estimate of drug-likeness (QED) is 0.526. The van der Waals surface area contributed by atoms with E-state index < -0.39 is 11.9 Å². The van der Waals surface area contributed by atoms with Crippen molar-refractivity contribution in [3.63, 3.8) is 0 Å². The fourth-order valence-corrected chi connectivity index (χ4v) is 2.37. The normalized spacial score (nSPS) is 10.4. The number of aryl methyl sites for hydroxylation is 1. The van der Waals surface area contributed by atoms with Gasteiger partial charge >= 0.3 is 11.9 Å². The Morgan fingerprint density at radius 1 is 0.818 bits per heavy atom. The molecule has 0 amide bonds. The molecule has 22 heavy (non-hydrogen) atoms. The summed E-state index contributed by atoms with van der Waals surface area (Å²) in [5.41, 5.74) is 1.69. The van der Waals surface area contributed by atoms with Crippen LogP contribution in [0.15, 0.2) is 66.7 Å². The molecule has 0 saturated heterocycles. The predicted molar refractivity (Wildman–Crippen MR) is 84.9 cm³/mol. The zero-order chi connectivity index (χ0) is 15.5. The molecule has 3 nitrogen and oxygen atoms in total. The first-order chi connectivity index (χ1) is 10.6. The van der Waals surface area contributed by atoms with Crippen LogP contribution < -0.4 is 0 Å². The van der Waals surface area contributed by atoms with Gasteiger partial charge in [-0.15, -0.1) is 0 Å². The monoisotopic (exact) mass is 290 g/mol. The van der Waals surface area contributed by atoms with Crippen molar-refractivity contribution in [3.8, 4) is 0 Å². The third-order valence-electron chi connectivity index (χ3n) is 3.45. The Labute approximate surface area is 128 Å². The molecule has 0 aliphatic rings. The molecule has 0 aliphatic carbocycles. The third-order valence-corrected chi connectivity index (χ3v) is 3.45. The molecular weight excluding hydrogens is 276 g/mol. The average molecular weight is 290 g/mol. The minimum absolute atomic E-state index is 0.369. The summed E-state index contributed by atoms with van der Waals surface area (Å²) in [5, 5.41) is 1.70. The van der Waals surface area contributed by atoms with Gasteiger partial charge < -0.3 is 4.74 Å². The first kappa shape index (κ1) is 14.0. The van der Waals surface area contributed by atoms with E-state index in [4.69, 9.17) is 4.74 Å². The summed E-state index contributed by atoms with van der Waals surface area (Å²) in [7, 11) is 0. The summed E-state index contributed by atoms with van der Waals surface area (Å²) < 4.78 is 5.01. The number of rotatable bonds is 2. The van der Waals surface area contributed by atoms with Gasteiger partial charge in [-0.2, -0.15) is 0 Å². The predicted octanol–water partition coefficient (Wildman–Crippen LogP) is 4.15. The van der Waals surface area contributed by atoms with E-state index in [9.17, 15) is 9.59 Å². The first-order valence-electron chi connectivity index (χ1n) is 6.96. The standard InChI is InChI=1S/C19H14O3/c1-13-6-4-9-15(12-13)18(20)22-19(21)17-11-5-8-14-7-2-3-10-16(14)17/h2-12H,1H3. The molecular formula is C19H14O3. The second kappa shape index (κ2) is 5.82. The number of hydrogen-bond acceptors (Lipinski definition) is 3. The molecule has 108 valence electrons. The number of carbonyl (C=O) groups excluding carboxylic acids is 2. The van der Waals surface area contributed by atoms with Crippen molar-refractivity contribution in [2.45, 2.75) is 6.92 Å². The number of hydrogen-bond donors (Lipinski definition) is 0. The Morgan fingerprint density at radius 2 is 1.55 bits per heavy atom. The topological polar surface area (TPSA) is 43.4 Å². The zero-order valence-corrected chi connectivity index (χ0v) is 12.1. The largest absolute Gasteiger partial charge is 0.386 e. The molecule has 0 aliphatic heterocycles. The molecule has 0 unspecified atom stereocenters. The van der Waals surface area contributed by atoms with Crippen molar-refractivity contribution >= 4 is 22.7 Å². The van der Waals surface area contributed by atoms with Gasteiger partial charge in [0, 0.05) is 0 Å². The molecule has 0 saturated carbocycles. The van der Waals surface area contributed by atoms with Gasteiger partial charge in [0.1, 0.15) is 0 Å². The van der Waals surface area contributed by atoms with E-state index >= 15 is 0 Å². The van der Waals surface area contributed by atoms with Crippen LogP contribution in [0.5, 0.6) is 0 Å². The molecule has 0 bridgehead atoms. The van der Waals surface area contributed by atoms with Gasteiger partial charge in [0.15, 0.2) is 0 Å². The number of carbonyl (C=O) groups is 2. The maximum Gasteiger partial charge on any atom is 0.346 e. The van der Waals surface area contributed by atoms with Crippen molar-refractivity contribution < 1.29 is 14.3 Å². The van der Waals surface area contributed by atoms with E-state index in [1.165, 1.54) is 0 Å². The van der Waals surface area contributed by atoms with Gasteiger partial charge in [0.25, 0.3) is 0 Å². The smallest absolute Gasteiger partial charge is 0.346 e. The highest BCUT2D eigenvalue weighted by molar-refractivity contribution is 6.09. The fourth-order valence-electron chi connectivity index (χ4n) is 2.37. The highest BCUT2D eigenvalue weighted by Crippen LogP contribution is 2.19. The van der Waals surface area contributed by atoms with Gasteiger partial charge in [-0.3, -0.25) is 0 Å². The van der Waals surface area contributed by atoms with E-state index in [-0.39, 0.29) is 0 Å².